The lowest BCUT2D eigenvalue weighted by molar-refractivity contribution is -0.145. The number of hydrogen-bond donors (Lipinski definition) is 2. The van der Waals surface area contributed by atoms with Gasteiger partial charge in [0.15, 0.2) is 0 Å². The van der Waals surface area contributed by atoms with Crippen molar-refractivity contribution < 1.29 is 38.1 Å². The van der Waals surface area contributed by atoms with Crippen molar-refractivity contribution in [1.29, 1.82) is 0 Å². The molecule has 1 rings (SSSR count). The molecule has 2 N–H and O–H groups in total. The van der Waals surface area contributed by atoms with E-state index in [1.165, 1.54) is 19.3 Å². The standard InChI is InChI=1S/C35H60N2O8/c1-4-6-8-10-13-23-44-34(39)19-16-24-42-32-26-30(28-45-35(40)18-15-20-37-29-36-3)25-31(27-32)41-21-14-11-17-33(38)43-22-12-9-7-5-2/h25-27,36-37H,4-24,28-29H2,1-3H3. The molecule has 1 aromatic rings. The Morgan fingerprint density at radius 1 is 0.578 bits per heavy atom. The summed E-state index contributed by atoms with van der Waals surface area (Å²) in [5.74, 6) is 0.526. The zero-order chi connectivity index (χ0) is 32.8. The number of hydrogen-bond acceptors (Lipinski definition) is 10. The lowest BCUT2D eigenvalue weighted by Crippen LogP contribution is -2.27. The summed E-state index contributed by atoms with van der Waals surface area (Å²) in [6.45, 7) is 7.57. The Morgan fingerprint density at radius 2 is 1.09 bits per heavy atom. The first-order chi connectivity index (χ1) is 22.0. The van der Waals surface area contributed by atoms with Crippen LogP contribution in [0.1, 0.15) is 122 Å². The van der Waals surface area contributed by atoms with E-state index in [4.69, 9.17) is 23.7 Å². The van der Waals surface area contributed by atoms with Gasteiger partial charge in [-0.05, 0) is 69.8 Å². The second-order valence-electron chi connectivity index (χ2n) is 11.3. The SMILES string of the molecule is CCCCCCCOC(=O)CCCOc1cc(COC(=O)CCCNCNC)cc(OCCCCC(=O)OCCCCCC)c1. The average molecular weight is 637 g/mol. The van der Waals surface area contributed by atoms with Crippen LogP contribution in [-0.2, 0) is 35.2 Å². The number of unbranched alkanes of at least 4 members (excludes halogenated alkanes) is 8. The summed E-state index contributed by atoms with van der Waals surface area (Å²) < 4.78 is 28.0. The highest BCUT2D eigenvalue weighted by molar-refractivity contribution is 5.70. The van der Waals surface area contributed by atoms with Gasteiger partial charge in [-0.3, -0.25) is 14.4 Å². The molecular weight excluding hydrogens is 576 g/mol. The summed E-state index contributed by atoms with van der Waals surface area (Å²) in [7, 11) is 1.86. The first kappa shape index (κ1) is 40.2. The monoisotopic (exact) mass is 636 g/mol. The van der Waals surface area contributed by atoms with Gasteiger partial charge in [0.1, 0.15) is 18.1 Å². The van der Waals surface area contributed by atoms with Gasteiger partial charge >= 0.3 is 17.9 Å². The number of benzene rings is 1. The van der Waals surface area contributed by atoms with Crippen molar-refractivity contribution >= 4 is 17.9 Å². The highest BCUT2D eigenvalue weighted by Crippen LogP contribution is 2.24. The van der Waals surface area contributed by atoms with E-state index in [9.17, 15) is 14.4 Å². The van der Waals surface area contributed by atoms with Gasteiger partial charge in [0.25, 0.3) is 0 Å². The van der Waals surface area contributed by atoms with Gasteiger partial charge in [-0.1, -0.05) is 58.8 Å². The minimum absolute atomic E-state index is 0.102. The third kappa shape index (κ3) is 24.1. The van der Waals surface area contributed by atoms with Crippen LogP contribution >= 0.6 is 0 Å². The summed E-state index contributed by atoms with van der Waals surface area (Å²) in [5.41, 5.74) is 0.748. The van der Waals surface area contributed by atoms with Crippen LogP contribution in [0.3, 0.4) is 0 Å². The number of nitrogens with one attached hydrogen (secondary N) is 2. The molecule has 0 saturated carbocycles. The molecule has 0 fully saturated rings. The first-order valence-electron chi connectivity index (χ1n) is 17.2. The summed E-state index contributed by atoms with van der Waals surface area (Å²) in [6, 6.07) is 5.44. The molecule has 0 aliphatic heterocycles. The molecule has 0 unspecified atom stereocenters. The van der Waals surface area contributed by atoms with E-state index in [0.717, 1.165) is 50.6 Å². The van der Waals surface area contributed by atoms with E-state index >= 15 is 0 Å². The molecule has 10 heteroatoms. The van der Waals surface area contributed by atoms with Gasteiger partial charge < -0.3 is 34.3 Å². The molecule has 45 heavy (non-hydrogen) atoms. The van der Waals surface area contributed by atoms with E-state index < -0.39 is 0 Å². The van der Waals surface area contributed by atoms with Gasteiger partial charge in [-0.25, -0.2) is 0 Å². The van der Waals surface area contributed by atoms with Crippen LogP contribution < -0.4 is 20.1 Å². The summed E-state index contributed by atoms with van der Waals surface area (Å²) in [4.78, 5) is 36.2. The summed E-state index contributed by atoms with van der Waals surface area (Å²) >= 11 is 0. The second kappa shape index (κ2) is 28.6. The highest BCUT2D eigenvalue weighted by Gasteiger charge is 2.10. The summed E-state index contributed by atoms with van der Waals surface area (Å²) in [5, 5.41) is 6.17. The van der Waals surface area contributed by atoms with Gasteiger partial charge in [0.2, 0.25) is 0 Å². The third-order valence-corrected chi connectivity index (χ3v) is 6.99. The Kier molecular flexibility index (Phi) is 25.5. The van der Waals surface area contributed by atoms with E-state index in [1.807, 2.05) is 19.2 Å². The average Bonchev–Trinajstić information content (AvgIpc) is 3.03. The molecule has 0 saturated heterocycles. The Morgan fingerprint density at radius 3 is 1.71 bits per heavy atom. The smallest absolute Gasteiger partial charge is 0.306 e. The Balaban J connectivity index is 2.52. The van der Waals surface area contributed by atoms with Crippen LogP contribution in [0.5, 0.6) is 11.5 Å². The van der Waals surface area contributed by atoms with Crippen LogP contribution in [0.2, 0.25) is 0 Å². The van der Waals surface area contributed by atoms with Crippen molar-refractivity contribution in [3.63, 3.8) is 0 Å². The number of carbonyl (C=O) groups excluding carboxylic acids is 3. The van der Waals surface area contributed by atoms with E-state index in [0.29, 0.717) is 89.5 Å². The number of ether oxygens (including phenoxy) is 5. The van der Waals surface area contributed by atoms with Crippen molar-refractivity contribution in [3.8, 4) is 11.5 Å². The third-order valence-electron chi connectivity index (χ3n) is 6.99. The van der Waals surface area contributed by atoms with Crippen molar-refractivity contribution in [2.24, 2.45) is 0 Å². The van der Waals surface area contributed by atoms with Crippen molar-refractivity contribution in [1.82, 2.24) is 10.6 Å². The molecule has 0 radical (unpaired) electrons. The number of esters is 3. The fraction of sp³-hybridized carbons (Fsp3) is 0.743. The Hall–Kier alpha value is -2.85. The molecule has 0 aliphatic rings. The van der Waals surface area contributed by atoms with Gasteiger partial charge in [-0.15, -0.1) is 0 Å². The first-order valence-corrected chi connectivity index (χ1v) is 17.2. The maximum Gasteiger partial charge on any atom is 0.306 e. The Bertz CT molecular complexity index is 912. The van der Waals surface area contributed by atoms with E-state index in [-0.39, 0.29) is 24.5 Å². The molecule has 0 bridgehead atoms. The van der Waals surface area contributed by atoms with Crippen molar-refractivity contribution in [3.05, 3.63) is 23.8 Å². The van der Waals surface area contributed by atoms with Gasteiger partial charge in [0, 0.05) is 32.0 Å². The summed E-state index contributed by atoms with van der Waals surface area (Å²) in [6.07, 6.45) is 13.4. The molecule has 0 atom stereocenters. The molecule has 0 spiro atoms. The molecular formula is C35H60N2O8. The highest BCUT2D eigenvalue weighted by atomic mass is 16.5. The van der Waals surface area contributed by atoms with Crippen LogP contribution in [0.25, 0.3) is 0 Å². The zero-order valence-corrected chi connectivity index (χ0v) is 28.3. The van der Waals surface area contributed by atoms with E-state index in [1.54, 1.807) is 6.07 Å². The minimum Gasteiger partial charge on any atom is -0.493 e. The van der Waals surface area contributed by atoms with Crippen LogP contribution in [-0.4, -0.2) is 64.6 Å². The van der Waals surface area contributed by atoms with Crippen molar-refractivity contribution in [2.45, 2.75) is 123 Å². The molecule has 0 aromatic heterocycles. The molecule has 0 aliphatic carbocycles. The Labute approximate surface area is 271 Å². The van der Waals surface area contributed by atoms with Gasteiger partial charge in [0.05, 0.1) is 26.4 Å². The predicted octanol–water partition coefficient (Wildman–Crippen LogP) is 6.62. The lowest BCUT2D eigenvalue weighted by atomic mass is 10.2. The lowest BCUT2D eigenvalue weighted by Gasteiger charge is -2.13. The van der Waals surface area contributed by atoms with Crippen molar-refractivity contribution in [2.75, 3.05) is 46.7 Å². The predicted molar refractivity (Wildman–Crippen MR) is 176 cm³/mol. The molecule has 258 valence electrons. The fourth-order valence-electron chi connectivity index (χ4n) is 4.41. The topological polar surface area (TPSA) is 121 Å². The van der Waals surface area contributed by atoms with Gasteiger partial charge in [-0.2, -0.15) is 0 Å². The largest absolute Gasteiger partial charge is 0.493 e. The fourth-order valence-corrected chi connectivity index (χ4v) is 4.41. The quantitative estimate of drug-likeness (QED) is 0.0412. The van der Waals surface area contributed by atoms with Crippen LogP contribution in [0, 0.1) is 0 Å². The molecule has 0 amide bonds. The number of rotatable bonds is 30. The molecule has 1 aromatic carbocycles. The molecule has 0 heterocycles. The van der Waals surface area contributed by atoms with E-state index in [2.05, 4.69) is 24.5 Å². The second-order valence-corrected chi connectivity index (χ2v) is 11.3. The zero-order valence-electron chi connectivity index (χ0n) is 28.3. The maximum absolute atomic E-state index is 12.2. The van der Waals surface area contributed by atoms with Crippen LogP contribution in [0.4, 0.5) is 0 Å². The maximum atomic E-state index is 12.2. The molecule has 10 nitrogen and oxygen atoms in total. The number of carbonyl (C=O) groups is 3. The van der Waals surface area contributed by atoms with Crippen LogP contribution in [0.15, 0.2) is 18.2 Å². The minimum atomic E-state index is -0.267. The normalized spacial score (nSPS) is 10.8.